The van der Waals surface area contributed by atoms with Gasteiger partial charge >= 0.3 is 6.18 Å². The molecule has 2 aromatic carbocycles. The highest BCUT2D eigenvalue weighted by Crippen LogP contribution is 2.30. The fourth-order valence-corrected chi connectivity index (χ4v) is 3.01. The molecule has 0 bridgehead atoms. The number of benzene rings is 2. The Bertz CT molecular complexity index is 774. The Hall–Kier alpha value is -1.93. The molecule has 0 fully saturated rings. The molecule has 2 rings (SSSR count). The van der Waals surface area contributed by atoms with Gasteiger partial charge in [-0.05, 0) is 17.7 Å². The lowest BCUT2D eigenvalue weighted by Crippen LogP contribution is -2.25. The molecule has 3 nitrogen and oxygen atoms in total. The number of hydrogen-bond acceptors (Lipinski definition) is 2. The molecule has 0 saturated heterocycles. The Labute approximate surface area is 131 Å². The van der Waals surface area contributed by atoms with Crippen molar-refractivity contribution in [2.24, 2.45) is 0 Å². The fraction of sp³-hybridized carbons (Fsp3) is 0.200. The molecule has 0 aliphatic carbocycles. The average molecular weight is 347 g/mol. The maximum Gasteiger partial charge on any atom is 0.416 e. The van der Waals surface area contributed by atoms with Crippen molar-refractivity contribution in [2.45, 2.75) is 18.5 Å². The Morgan fingerprint density at radius 3 is 2.22 bits per heavy atom. The summed E-state index contributed by atoms with van der Waals surface area (Å²) in [5.41, 5.74) is -0.728. The number of alkyl halides is 3. The molecule has 1 N–H and O–H groups in total. The van der Waals surface area contributed by atoms with Crippen LogP contribution in [0.15, 0.2) is 48.5 Å². The van der Waals surface area contributed by atoms with Crippen molar-refractivity contribution >= 4 is 10.0 Å². The summed E-state index contributed by atoms with van der Waals surface area (Å²) in [4.78, 5) is 0. The molecule has 0 saturated carbocycles. The van der Waals surface area contributed by atoms with E-state index in [1.165, 1.54) is 0 Å². The molecular formula is C15H13F4NO2S. The van der Waals surface area contributed by atoms with Gasteiger partial charge in [0.25, 0.3) is 0 Å². The predicted molar refractivity (Wildman–Crippen MR) is 77.3 cm³/mol. The van der Waals surface area contributed by atoms with Crippen LogP contribution in [0.3, 0.4) is 0 Å². The lowest BCUT2D eigenvalue weighted by molar-refractivity contribution is -0.137. The summed E-state index contributed by atoms with van der Waals surface area (Å²) >= 11 is 0. The summed E-state index contributed by atoms with van der Waals surface area (Å²) in [5.74, 6) is -1.40. The van der Waals surface area contributed by atoms with Crippen LogP contribution >= 0.6 is 0 Å². The van der Waals surface area contributed by atoms with Gasteiger partial charge in [-0.25, -0.2) is 17.5 Å². The number of halogens is 4. The van der Waals surface area contributed by atoms with E-state index in [4.69, 9.17) is 0 Å². The first kappa shape index (κ1) is 17.4. The van der Waals surface area contributed by atoms with E-state index in [9.17, 15) is 26.0 Å². The van der Waals surface area contributed by atoms with Gasteiger partial charge in [0.1, 0.15) is 5.82 Å². The van der Waals surface area contributed by atoms with E-state index in [-0.39, 0.29) is 11.3 Å². The van der Waals surface area contributed by atoms with Gasteiger partial charge < -0.3 is 0 Å². The summed E-state index contributed by atoms with van der Waals surface area (Å²) < 4.78 is 76.9. The summed E-state index contributed by atoms with van der Waals surface area (Å²) in [6.07, 6.45) is -4.65. The summed E-state index contributed by atoms with van der Waals surface area (Å²) in [6.45, 7) is -0.418. The van der Waals surface area contributed by atoms with E-state index in [1.54, 1.807) is 30.3 Å². The third-order valence-corrected chi connectivity index (χ3v) is 4.36. The molecule has 0 radical (unpaired) electrons. The Kier molecular flexibility index (Phi) is 5.06. The van der Waals surface area contributed by atoms with Gasteiger partial charge in [0.2, 0.25) is 10.0 Å². The van der Waals surface area contributed by atoms with E-state index in [0.29, 0.717) is 17.7 Å². The zero-order chi connectivity index (χ0) is 17.1. The first-order valence-corrected chi connectivity index (χ1v) is 8.19. The molecule has 0 aliphatic heterocycles. The topological polar surface area (TPSA) is 46.2 Å². The molecule has 124 valence electrons. The molecule has 0 amide bonds. The van der Waals surface area contributed by atoms with E-state index < -0.39 is 34.1 Å². The molecule has 0 unspecified atom stereocenters. The van der Waals surface area contributed by atoms with Crippen molar-refractivity contribution < 1.29 is 26.0 Å². The number of rotatable bonds is 5. The van der Waals surface area contributed by atoms with Crippen LogP contribution < -0.4 is 4.72 Å². The lowest BCUT2D eigenvalue weighted by Gasteiger charge is -2.10. The maximum absolute atomic E-state index is 13.6. The highest BCUT2D eigenvalue weighted by molar-refractivity contribution is 7.88. The van der Waals surface area contributed by atoms with Crippen molar-refractivity contribution in [1.82, 2.24) is 4.72 Å². The summed E-state index contributed by atoms with van der Waals surface area (Å²) in [7, 11) is -3.73. The Morgan fingerprint density at radius 1 is 1.00 bits per heavy atom. The van der Waals surface area contributed by atoms with Gasteiger partial charge in [-0.15, -0.1) is 0 Å². The van der Waals surface area contributed by atoms with Gasteiger partial charge in [-0.2, -0.15) is 13.2 Å². The zero-order valence-electron chi connectivity index (χ0n) is 11.8. The van der Waals surface area contributed by atoms with E-state index in [0.717, 1.165) is 6.07 Å². The first-order chi connectivity index (χ1) is 10.7. The van der Waals surface area contributed by atoms with Crippen molar-refractivity contribution in [3.05, 3.63) is 71.0 Å². The van der Waals surface area contributed by atoms with Gasteiger partial charge in [0, 0.05) is 12.1 Å². The molecule has 2 aromatic rings. The number of nitrogens with one attached hydrogen (secondary N) is 1. The van der Waals surface area contributed by atoms with Gasteiger partial charge in [0.05, 0.1) is 11.3 Å². The van der Waals surface area contributed by atoms with E-state index in [2.05, 4.69) is 4.72 Å². The molecule has 23 heavy (non-hydrogen) atoms. The second-order valence-electron chi connectivity index (χ2n) is 4.87. The second-order valence-corrected chi connectivity index (χ2v) is 6.68. The van der Waals surface area contributed by atoms with E-state index >= 15 is 0 Å². The van der Waals surface area contributed by atoms with Crippen LogP contribution in [0.25, 0.3) is 0 Å². The largest absolute Gasteiger partial charge is 0.416 e. The third-order valence-electron chi connectivity index (χ3n) is 3.06. The molecule has 8 heteroatoms. The molecule has 0 aromatic heterocycles. The van der Waals surface area contributed by atoms with Crippen molar-refractivity contribution in [1.29, 1.82) is 0 Å². The number of sulfonamides is 1. The van der Waals surface area contributed by atoms with Gasteiger partial charge in [-0.1, -0.05) is 36.4 Å². The van der Waals surface area contributed by atoms with Crippen LogP contribution in [0.4, 0.5) is 17.6 Å². The van der Waals surface area contributed by atoms with Crippen molar-refractivity contribution in [3.8, 4) is 0 Å². The molecule has 0 heterocycles. The molecule has 0 spiro atoms. The standard InChI is InChI=1S/C15H13F4NO2S/c16-14-8-13(15(17,18)19)7-6-12(14)9-20-23(21,22)10-11-4-2-1-3-5-11/h1-8,20H,9-10H2. The monoisotopic (exact) mass is 347 g/mol. The van der Waals surface area contributed by atoms with Crippen LogP contribution in [0.5, 0.6) is 0 Å². The van der Waals surface area contributed by atoms with Crippen molar-refractivity contribution in [3.63, 3.8) is 0 Å². The normalized spacial score (nSPS) is 12.3. The van der Waals surface area contributed by atoms with Crippen LogP contribution in [0.2, 0.25) is 0 Å². The third kappa shape index (κ3) is 5.04. The van der Waals surface area contributed by atoms with Gasteiger partial charge in [0.15, 0.2) is 0 Å². The second kappa shape index (κ2) is 6.67. The minimum Gasteiger partial charge on any atom is -0.212 e. The molecule has 0 atom stereocenters. The maximum atomic E-state index is 13.6. The first-order valence-electron chi connectivity index (χ1n) is 6.54. The van der Waals surface area contributed by atoms with E-state index in [1.807, 2.05) is 0 Å². The van der Waals surface area contributed by atoms with Crippen LogP contribution in [0, 0.1) is 5.82 Å². The molecule has 0 aliphatic rings. The number of hydrogen-bond donors (Lipinski definition) is 1. The Balaban J connectivity index is 2.06. The fourth-order valence-electron chi connectivity index (χ4n) is 1.90. The quantitative estimate of drug-likeness (QED) is 0.842. The van der Waals surface area contributed by atoms with Crippen LogP contribution in [-0.4, -0.2) is 8.42 Å². The smallest absolute Gasteiger partial charge is 0.212 e. The highest BCUT2D eigenvalue weighted by Gasteiger charge is 2.31. The summed E-state index contributed by atoms with van der Waals surface area (Å²) in [6, 6.07) is 10.3. The van der Waals surface area contributed by atoms with Gasteiger partial charge in [-0.3, -0.25) is 0 Å². The zero-order valence-corrected chi connectivity index (χ0v) is 12.6. The summed E-state index contributed by atoms with van der Waals surface area (Å²) in [5, 5.41) is 0. The molecular weight excluding hydrogens is 334 g/mol. The average Bonchev–Trinajstić information content (AvgIpc) is 2.45. The minimum absolute atomic E-state index is 0.158. The Morgan fingerprint density at radius 2 is 1.65 bits per heavy atom. The lowest BCUT2D eigenvalue weighted by atomic mass is 10.1. The minimum atomic E-state index is -4.65. The van der Waals surface area contributed by atoms with Crippen molar-refractivity contribution in [2.75, 3.05) is 0 Å². The highest BCUT2D eigenvalue weighted by atomic mass is 32.2. The SMILES string of the molecule is O=S(=O)(Cc1ccccc1)NCc1ccc(C(F)(F)F)cc1F. The van der Waals surface area contributed by atoms with Crippen LogP contribution in [-0.2, 0) is 28.5 Å². The van der Waals surface area contributed by atoms with Crippen LogP contribution in [0.1, 0.15) is 16.7 Å². The predicted octanol–water partition coefficient (Wildman–Crippen LogP) is 3.46.